The Kier molecular flexibility index (Phi) is 6.68. The van der Waals surface area contributed by atoms with Gasteiger partial charge in [0.15, 0.2) is 11.5 Å². The first kappa shape index (κ1) is 21.0. The molecule has 0 aliphatic carbocycles. The fourth-order valence-corrected chi connectivity index (χ4v) is 4.09. The Morgan fingerprint density at radius 2 is 1.97 bits per heavy atom. The molecule has 0 N–H and O–H groups in total. The lowest BCUT2D eigenvalue weighted by Gasteiger charge is -2.14. The second-order valence-corrected chi connectivity index (χ2v) is 8.13. The van der Waals surface area contributed by atoms with Crippen LogP contribution >= 0.6 is 27.7 Å². The number of thioether (sulfide) groups is 1. The van der Waals surface area contributed by atoms with E-state index in [1.165, 1.54) is 5.56 Å². The fraction of sp³-hybridized carbons (Fsp3) is 0.182. The highest BCUT2D eigenvalue weighted by molar-refractivity contribution is 9.10. The van der Waals surface area contributed by atoms with Gasteiger partial charge in [0, 0.05) is 0 Å². The van der Waals surface area contributed by atoms with Gasteiger partial charge in [0.2, 0.25) is 0 Å². The third kappa shape index (κ3) is 4.84. The van der Waals surface area contributed by atoms with Gasteiger partial charge in [-0.25, -0.2) is 0 Å². The maximum atomic E-state index is 12.4. The number of nitrogens with zero attached hydrogens (tertiary/aromatic N) is 1. The molecule has 2 aromatic rings. The van der Waals surface area contributed by atoms with Crippen molar-refractivity contribution >= 4 is 44.9 Å². The number of rotatable bonds is 6. The molecule has 3 rings (SSSR count). The third-order valence-electron chi connectivity index (χ3n) is 4.18. The number of carbonyl (C=O) groups excluding carboxylic acids is 2. The van der Waals surface area contributed by atoms with Crippen LogP contribution in [0.15, 0.2) is 45.8 Å². The normalized spacial score (nSPS) is 15.0. The number of imide groups is 1. The predicted molar refractivity (Wildman–Crippen MR) is 118 cm³/mol. The predicted octanol–water partition coefficient (Wildman–Crippen LogP) is 5.01. The highest BCUT2D eigenvalue weighted by atomic mass is 79.9. The van der Waals surface area contributed by atoms with Crippen LogP contribution in [0.25, 0.3) is 6.08 Å². The van der Waals surface area contributed by atoms with Crippen LogP contribution in [0.2, 0.25) is 0 Å². The quantitative estimate of drug-likeness (QED) is 0.437. The van der Waals surface area contributed by atoms with Gasteiger partial charge >= 0.3 is 0 Å². The standard InChI is InChI=1S/C22H18BrNO4S/c1-4-9-24-21(25)19(29-22(24)26)12-16-10-17(23)20(18(11-16)27-3)28-13-15-7-5-14(2)6-8-15/h1,5-8,10-12H,9,13H2,2-3H3/b19-12+. The number of ether oxygens (including phenoxy) is 2. The van der Waals surface area contributed by atoms with Crippen molar-refractivity contribution < 1.29 is 19.1 Å². The van der Waals surface area contributed by atoms with Crippen molar-refractivity contribution in [2.75, 3.05) is 13.7 Å². The van der Waals surface area contributed by atoms with Gasteiger partial charge in [-0.1, -0.05) is 35.7 Å². The molecule has 0 spiro atoms. The molecule has 0 aromatic heterocycles. The number of terminal acetylenes is 1. The Labute approximate surface area is 182 Å². The van der Waals surface area contributed by atoms with Gasteiger partial charge in [-0.2, -0.15) is 0 Å². The summed E-state index contributed by atoms with van der Waals surface area (Å²) in [7, 11) is 1.55. The number of aryl methyl sites for hydroxylation is 1. The number of hydrogen-bond donors (Lipinski definition) is 0. The minimum Gasteiger partial charge on any atom is -0.493 e. The van der Waals surface area contributed by atoms with Gasteiger partial charge in [0.25, 0.3) is 11.1 Å². The summed E-state index contributed by atoms with van der Waals surface area (Å²) in [6.07, 6.45) is 6.86. The minimum absolute atomic E-state index is 0.0409. The van der Waals surface area contributed by atoms with Crippen LogP contribution in [0.5, 0.6) is 11.5 Å². The molecule has 148 valence electrons. The van der Waals surface area contributed by atoms with Crippen LogP contribution in [-0.2, 0) is 11.4 Å². The van der Waals surface area contributed by atoms with E-state index in [0.717, 1.165) is 22.2 Å². The molecule has 0 bridgehead atoms. The molecular weight excluding hydrogens is 454 g/mol. The molecule has 0 saturated carbocycles. The van der Waals surface area contributed by atoms with E-state index in [-0.39, 0.29) is 11.8 Å². The summed E-state index contributed by atoms with van der Waals surface area (Å²) in [4.78, 5) is 25.6. The lowest BCUT2D eigenvalue weighted by Crippen LogP contribution is -2.28. The number of hydrogen-bond acceptors (Lipinski definition) is 5. The molecule has 1 aliphatic heterocycles. The summed E-state index contributed by atoms with van der Waals surface area (Å²) in [5.41, 5.74) is 2.92. The van der Waals surface area contributed by atoms with Gasteiger partial charge in [0.05, 0.1) is 23.0 Å². The van der Waals surface area contributed by atoms with Gasteiger partial charge in [0.1, 0.15) is 6.61 Å². The van der Waals surface area contributed by atoms with Crippen LogP contribution < -0.4 is 9.47 Å². The summed E-state index contributed by atoms with van der Waals surface area (Å²) in [5.74, 6) is 3.00. The van der Waals surface area contributed by atoms with Gasteiger partial charge in [-0.15, -0.1) is 6.42 Å². The summed E-state index contributed by atoms with van der Waals surface area (Å²) >= 11 is 4.37. The molecule has 0 unspecified atom stereocenters. The smallest absolute Gasteiger partial charge is 0.294 e. The number of carbonyl (C=O) groups is 2. The molecule has 29 heavy (non-hydrogen) atoms. The summed E-state index contributed by atoms with van der Waals surface area (Å²) in [6.45, 7) is 2.38. The molecule has 1 heterocycles. The average Bonchev–Trinajstić information content (AvgIpc) is 2.96. The SMILES string of the molecule is C#CCN1C(=O)S/C(=C/c2cc(Br)c(OCc3ccc(C)cc3)c(OC)c2)C1=O. The molecule has 2 aromatic carbocycles. The molecule has 0 atom stereocenters. The van der Waals surface area contributed by atoms with Gasteiger partial charge < -0.3 is 9.47 Å². The van der Waals surface area contributed by atoms with Crippen LogP contribution in [-0.4, -0.2) is 29.7 Å². The van der Waals surface area contributed by atoms with E-state index in [9.17, 15) is 9.59 Å². The van der Waals surface area contributed by atoms with Gasteiger partial charge in [-0.3, -0.25) is 14.5 Å². The molecular formula is C22H18BrNO4S. The van der Waals surface area contributed by atoms with E-state index in [1.54, 1.807) is 19.3 Å². The maximum Gasteiger partial charge on any atom is 0.294 e. The third-order valence-corrected chi connectivity index (χ3v) is 5.67. The van der Waals surface area contributed by atoms with E-state index in [0.29, 0.717) is 33.0 Å². The number of benzene rings is 2. The fourth-order valence-electron chi connectivity index (χ4n) is 2.68. The van der Waals surface area contributed by atoms with E-state index in [1.807, 2.05) is 37.3 Å². The van der Waals surface area contributed by atoms with Crippen LogP contribution in [0, 0.1) is 19.3 Å². The number of halogens is 1. The average molecular weight is 472 g/mol. The Bertz CT molecular complexity index is 1020. The number of methoxy groups -OCH3 is 1. The van der Waals surface area contributed by atoms with E-state index in [4.69, 9.17) is 15.9 Å². The van der Waals surface area contributed by atoms with Crippen molar-refractivity contribution in [2.24, 2.45) is 0 Å². The zero-order chi connectivity index (χ0) is 21.0. The van der Waals surface area contributed by atoms with Crippen LogP contribution in [0.4, 0.5) is 4.79 Å². The molecule has 2 amide bonds. The lowest BCUT2D eigenvalue weighted by molar-refractivity contribution is -0.122. The number of amides is 2. The Morgan fingerprint density at radius 3 is 2.62 bits per heavy atom. The zero-order valence-electron chi connectivity index (χ0n) is 15.9. The summed E-state index contributed by atoms with van der Waals surface area (Å²) in [6, 6.07) is 11.6. The second-order valence-electron chi connectivity index (χ2n) is 6.28. The minimum atomic E-state index is -0.396. The highest BCUT2D eigenvalue weighted by Crippen LogP contribution is 2.39. The molecule has 1 fully saturated rings. The van der Waals surface area contributed by atoms with Crippen molar-refractivity contribution in [3.05, 3.63) is 62.5 Å². The maximum absolute atomic E-state index is 12.4. The monoisotopic (exact) mass is 471 g/mol. The van der Waals surface area contributed by atoms with Crippen molar-refractivity contribution in [3.8, 4) is 23.8 Å². The van der Waals surface area contributed by atoms with E-state index < -0.39 is 5.91 Å². The van der Waals surface area contributed by atoms with Crippen molar-refractivity contribution in [1.82, 2.24) is 4.90 Å². The van der Waals surface area contributed by atoms with Crippen LogP contribution in [0.3, 0.4) is 0 Å². The molecule has 1 saturated heterocycles. The molecule has 5 nitrogen and oxygen atoms in total. The zero-order valence-corrected chi connectivity index (χ0v) is 18.3. The molecule has 1 aliphatic rings. The van der Waals surface area contributed by atoms with Crippen molar-refractivity contribution in [2.45, 2.75) is 13.5 Å². The Hall–Kier alpha value is -2.69. The van der Waals surface area contributed by atoms with Crippen molar-refractivity contribution in [1.29, 1.82) is 0 Å². The largest absolute Gasteiger partial charge is 0.493 e. The van der Waals surface area contributed by atoms with E-state index in [2.05, 4.69) is 21.9 Å². The van der Waals surface area contributed by atoms with Crippen LogP contribution in [0.1, 0.15) is 16.7 Å². The topological polar surface area (TPSA) is 55.8 Å². The molecule has 0 radical (unpaired) electrons. The van der Waals surface area contributed by atoms with Crippen molar-refractivity contribution in [3.63, 3.8) is 0 Å². The lowest BCUT2D eigenvalue weighted by atomic mass is 10.1. The summed E-state index contributed by atoms with van der Waals surface area (Å²) < 4.78 is 12.1. The first-order valence-electron chi connectivity index (χ1n) is 8.67. The Morgan fingerprint density at radius 1 is 1.24 bits per heavy atom. The Balaban J connectivity index is 1.83. The summed E-state index contributed by atoms with van der Waals surface area (Å²) in [5, 5.41) is -0.372. The first-order valence-corrected chi connectivity index (χ1v) is 10.3. The van der Waals surface area contributed by atoms with Gasteiger partial charge in [-0.05, 0) is 64.0 Å². The van der Waals surface area contributed by atoms with E-state index >= 15 is 0 Å². The first-order chi connectivity index (χ1) is 13.9. The second kappa shape index (κ2) is 9.21. The highest BCUT2D eigenvalue weighted by Gasteiger charge is 2.34. The molecule has 7 heteroatoms.